The molecule has 35 heavy (non-hydrogen) atoms. The van der Waals surface area contributed by atoms with Crippen molar-refractivity contribution in [2.45, 2.75) is 119 Å². The quantitative estimate of drug-likeness (QED) is 0.132. The molecule has 0 saturated carbocycles. The molecule has 0 spiro atoms. The SMILES string of the molecule is CCCCCC(COCC(CCCCC)N(CC)CCN(CC)CC)N(CC)CCN(CC)CC. The molecule has 0 aromatic carbocycles. The van der Waals surface area contributed by atoms with Gasteiger partial charge in [0.25, 0.3) is 0 Å². The molecule has 0 N–H and O–H groups in total. The van der Waals surface area contributed by atoms with E-state index >= 15 is 0 Å². The first-order valence-electron chi connectivity index (χ1n) is 15.5. The van der Waals surface area contributed by atoms with E-state index in [9.17, 15) is 0 Å². The van der Waals surface area contributed by atoms with Crippen LogP contribution < -0.4 is 0 Å². The van der Waals surface area contributed by atoms with E-state index in [1.54, 1.807) is 0 Å². The van der Waals surface area contributed by atoms with Crippen LogP contribution in [0.2, 0.25) is 0 Å². The zero-order valence-electron chi connectivity index (χ0n) is 25.5. The van der Waals surface area contributed by atoms with Crippen molar-refractivity contribution < 1.29 is 4.74 Å². The molecule has 212 valence electrons. The van der Waals surface area contributed by atoms with Crippen LogP contribution in [0.3, 0.4) is 0 Å². The highest BCUT2D eigenvalue weighted by Gasteiger charge is 2.21. The molecule has 0 aromatic rings. The molecule has 0 amide bonds. The standard InChI is InChI=1S/C30H66N4O/c1-9-17-19-21-29(33(15-7)25-23-31(11-3)12-4)27-35-28-30(22-20-18-10-2)34(16-8)26-24-32(13-5)14-6/h29-30H,9-28H2,1-8H3. The predicted molar refractivity (Wildman–Crippen MR) is 157 cm³/mol. The summed E-state index contributed by atoms with van der Waals surface area (Å²) in [6.45, 7) is 31.6. The Kier molecular flexibility index (Phi) is 24.0. The summed E-state index contributed by atoms with van der Waals surface area (Å²) in [4.78, 5) is 10.5. The molecule has 0 fully saturated rings. The van der Waals surface area contributed by atoms with Crippen LogP contribution in [0.4, 0.5) is 0 Å². The Morgan fingerprint density at radius 1 is 0.457 bits per heavy atom. The van der Waals surface area contributed by atoms with Crippen LogP contribution in [-0.2, 0) is 4.74 Å². The Morgan fingerprint density at radius 3 is 1.11 bits per heavy atom. The van der Waals surface area contributed by atoms with Gasteiger partial charge in [-0.25, -0.2) is 0 Å². The van der Waals surface area contributed by atoms with E-state index in [1.807, 2.05) is 0 Å². The molecule has 5 nitrogen and oxygen atoms in total. The minimum absolute atomic E-state index is 0.546. The van der Waals surface area contributed by atoms with Crippen molar-refractivity contribution in [3.05, 3.63) is 0 Å². The van der Waals surface area contributed by atoms with Crippen molar-refractivity contribution >= 4 is 0 Å². The lowest BCUT2D eigenvalue weighted by Crippen LogP contribution is -2.45. The van der Waals surface area contributed by atoms with Crippen LogP contribution in [0.5, 0.6) is 0 Å². The van der Waals surface area contributed by atoms with Crippen molar-refractivity contribution in [2.24, 2.45) is 0 Å². The normalized spacial score (nSPS) is 14.1. The highest BCUT2D eigenvalue weighted by atomic mass is 16.5. The summed E-state index contributed by atoms with van der Waals surface area (Å²) < 4.78 is 6.59. The van der Waals surface area contributed by atoms with Gasteiger partial charge in [-0.1, -0.05) is 93.9 Å². The first-order valence-corrected chi connectivity index (χ1v) is 15.5. The zero-order chi connectivity index (χ0) is 26.3. The molecule has 0 bridgehead atoms. The number of hydrogen-bond acceptors (Lipinski definition) is 5. The first-order chi connectivity index (χ1) is 17.0. The summed E-state index contributed by atoms with van der Waals surface area (Å²) in [5.41, 5.74) is 0. The summed E-state index contributed by atoms with van der Waals surface area (Å²) in [6.07, 6.45) is 10.4. The fraction of sp³-hybridized carbons (Fsp3) is 1.00. The molecular weight excluding hydrogens is 432 g/mol. The topological polar surface area (TPSA) is 22.2 Å². The second-order valence-corrected chi connectivity index (χ2v) is 10.1. The third-order valence-corrected chi connectivity index (χ3v) is 7.94. The molecule has 0 aliphatic heterocycles. The van der Waals surface area contributed by atoms with Crippen molar-refractivity contribution in [1.82, 2.24) is 19.6 Å². The van der Waals surface area contributed by atoms with Gasteiger partial charge < -0.3 is 14.5 Å². The summed E-state index contributed by atoms with van der Waals surface area (Å²) in [6, 6.07) is 1.09. The largest absolute Gasteiger partial charge is 0.378 e. The Hall–Kier alpha value is -0.200. The highest BCUT2D eigenvalue weighted by Crippen LogP contribution is 2.15. The van der Waals surface area contributed by atoms with E-state index in [1.165, 1.54) is 64.5 Å². The van der Waals surface area contributed by atoms with Crippen molar-refractivity contribution in [2.75, 3.05) is 78.7 Å². The zero-order valence-corrected chi connectivity index (χ0v) is 25.5. The van der Waals surface area contributed by atoms with Crippen molar-refractivity contribution in [1.29, 1.82) is 0 Å². The molecule has 0 rings (SSSR count). The van der Waals surface area contributed by atoms with Gasteiger partial charge in [-0.05, 0) is 52.1 Å². The maximum Gasteiger partial charge on any atom is 0.0622 e. The van der Waals surface area contributed by atoms with E-state index in [2.05, 4.69) is 75.0 Å². The molecule has 5 heteroatoms. The van der Waals surface area contributed by atoms with Crippen LogP contribution in [0.25, 0.3) is 0 Å². The van der Waals surface area contributed by atoms with Crippen molar-refractivity contribution in [3.63, 3.8) is 0 Å². The number of nitrogens with zero attached hydrogens (tertiary/aromatic N) is 4. The highest BCUT2D eigenvalue weighted by molar-refractivity contribution is 4.76. The second kappa shape index (κ2) is 24.2. The van der Waals surface area contributed by atoms with E-state index < -0.39 is 0 Å². The molecule has 0 aromatic heterocycles. The lowest BCUT2D eigenvalue weighted by Gasteiger charge is -2.35. The third-order valence-electron chi connectivity index (χ3n) is 7.94. The molecule has 0 heterocycles. The molecular formula is C30H66N4O. The number of unbranched alkanes of at least 4 members (excludes halogenated alkanes) is 4. The molecule has 0 aliphatic carbocycles. The van der Waals surface area contributed by atoms with Gasteiger partial charge in [0.05, 0.1) is 13.2 Å². The summed E-state index contributed by atoms with van der Waals surface area (Å²) in [7, 11) is 0. The van der Waals surface area contributed by atoms with Crippen molar-refractivity contribution in [3.8, 4) is 0 Å². The van der Waals surface area contributed by atoms with Gasteiger partial charge in [-0.15, -0.1) is 0 Å². The van der Waals surface area contributed by atoms with Crippen LogP contribution >= 0.6 is 0 Å². The molecule has 2 unspecified atom stereocenters. The number of likely N-dealkylation sites (N-methyl/N-ethyl adjacent to an activating group) is 4. The third kappa shape index (κ3) is 16.3. The van der Waals surface area contributed by atoms with Gasteiger partial charge in [-0.3, -0.25) is 9.80 Å². The minimum Gasteiger partial charge on any atom is -0.378 e. The Balaban J connectivity index is 5.11. The number of ether oxygens (including phenoxy) is 1. The fourth-order valence-electron chi connectivity index (χ4n) is 5.16. The number of hydrogen-bond donors (Lipinski definition) is 0. The van der Waals surface area contributed by atoms with Gasteiger partial charge in [0.15, 0.2) is 0 Å². The first kappa shape index (κ1) is 34.8. The summed E-state index contributed by atoms with van der Waals surface area (Å²) in [5.74, 6) is 0. The summed E-state index contributed by atoms with van der Waals surface area (Å²) in [5, 5.41) is 0. The predicted octanol–water partition coefficient (Wildman–Crippen LogP) is 6.23. The van der Waals surface area contributed by atoms with Gasteiger partial charge in [0.1, 0.15) is 0 Å². The smallest absolute Gasteiger partial charge is 0.0622 e. The second-order valence-electron chi connectivity index (χ2n) is 10.1. The maximum atomic E-state index is 6.59. The molecule has 2 atom stereocenters. The van der Waals surface area contributed by atoms with Gasteiger partial charge in [0, 0.05) is 38.3 Å². The molecule has 0 aliphatic rings. The number of rotatable bonds is 26. The van der Waals surface area contributed by atoms with Gasteiger partial charge >= 0.3 is 0 Å². The van der Waals surface area contributed by atoms with E-state index in [0.717, 1.165) is 65.6 Å². The van der Waals surface area contributed by atoms with Gasteiger partial charge in [0.2, 0.25) is 0 Å². The molecule has 0 radical (unpaired) electrons. The van der Waals surface area contributed by atoms with Crippen LogP contribution in [0.1, 0.15) is 107 Å². The Bertz CT molecular complexity index is 391. The average molecular weight is 499 g/mol. The van der Waals surface area contributed by atoms with Crippen LogP contribution in [0.15, 0.2) is 0 Å². The van der Waals surface area contributed by atoms with Crippen LogP contribution in [-0.4, -0.2) is 110 Å². The lowest BCUT2D eigenvalue weighted by atomic mass is 10.1. The Morgan fingerprint density at radius 2 is 0.829 bits per heavy atom. The van der Waals surface area contributed by atoms with E-state index in [-0.39, 0.29) is 0 Å². The summed E-state index contributed by atoms with van der Waals surface area (Å²) >= 11 is 0. The minimum atomic E-state index is 0.546. The van der Waals surface area contributed by atoms with Crippen LogP contribution in [0, 0.1) is 0 Å². The van der Waals surface area contributed by atoms with E-state index in [0.29, 0.717) is 12.1 Å². The van der Waals surface area contributed by atoms with Gasteiger partial charge in [-0.2, -0.15) is 0 Å². The van der Waals surface area contributed by atoms with E-state index in [4.69, 9.17) is 4.74 Å². The fourth-order valence-corrected chi connectivity index (χ4v) is 5.16. The Labute approximate surface area is 221 Å². The maximum absolute atomic E-state index is 6.59. The molecule has 0 saturated heterocycles. The lowest BCUT2D eigenvalue weighted by molar-refractivity contribution is 0.0142. The monoisotopic (exact) mass is 499 g/mol. The average Bonchev–Trinajstić information content (AvgIpc) is 2.88.